The van der Waals surface area contributed by atoms with Crippen molar-refractivity contribution in [2.75, 3.05) is 19.6 Å². The van der Waals surface area contributed by atoms with E-state index in [1.165, 1.54) is 5.92 Å². The summed E-state index contributed by atoms with van der Waals surface area (Å²) in [5, 5.41) is 0. The standard InChI is InChI=1S/C16H20NO2/c1-12(2)11-17-9-7-16(8-10-17)15(18)13-5-3-4-6-14(13)19-16/h3-6H,7-11H2,1-2H3. The number of rotatable bonds is 2. The van der Waals surface area contributed by atoms with Gasteiger partial charge < -0.3 is 9.64 Å². The van der Waals surface area contributed by atoms with Gasteiger partial charge in [-0.25, -0.2) is 0 Å². The Morgan fingerprint density at radius 3 is 2.58 bits per heavy atom. The third-order valence-corrected chi connectivity index (χ3v) is 4.05. The van der Waals surface area contributed by atoms with Crippen molar-refractivity contribution in [3.05, 3.63) is 35.7 Å². The highest BCUT2D eigenvalue weighted by Gasteiger charge is 2.49. The first-order valence-electron chi connectivity index (χ1n) is 6.95. The van der Waals surface area contributed by atoms with Crippen LogP contribution >= 0.6 is 0 Å². The van der Waals surface area contributed by atoms with Gasteiger partial charge in [0.25, 0.3) is 0 Å². The summed E-state index contributed by atoms with van der Waals surface area (Å²) in [4.78, 5) is 15.0. The number of ketones is 1. The van der Waals surface area contributed by atoms with E-state index in [-0.39, 0.29) is 5.78 Å². The van der Waals surface area contributed by atoms with Gasteiger partial charge in [0.1, 0.15) is 5.75 Å². The Morgan fingerprint density at radius 2 is 1.95 bits per heavy atom. The van der Waals surface area contributed by atoms with Crippen molar-refractivity contribution in [1.82, 2.24) is 4.90 Å². The minimum Gasteiger partial charge on any atom is -0.478 e. The second kappa shape index (κ2) is 4.64. The Hall–Kier alpha value is -1.35. The molecule has 1 aromatic rings. The van der Waals surface area contributed by atoms with Gasteiger partial charge in [0.15, 0.2) is 5.60 Å². The second-order valence-corrected chi connectivity index (χ2v) is 5.90. The number of carbonyl (C=O) groups is 1. The fourth-order valence-electron chi connectivity index (χ4n) is 3.09. The van der Waals surface area contributed by atoms with Crippen molar-refractivity contribution in [2.24, 2.45) is 0 Å². The van der Waals surface area contributed by atoms with Gasteiger partial charge >= 0.3 is 0 Å². The van der Waals surface area contributed by atoms with E-state index in [0.717, 1.165) is 43.8 Å². The van der Waals surface area contributed by atoms with Crippen LogP contribution < -0.4 is 4.74 Å². The molecule has 2 heterocycles. The number of Topliss-reactive ketones (excluding diaryl/α,β-unsaturated/α-hetero) is 1. The van der Waals surface area contributed by atoms with E-state index >= 15 is 0 Å². The maximum atomic E-state index is 12.6. The molecule has 1 saturated heterocycles. The van der Waals surface area contributed by atoms with Gasteiger partial charge in [-0.2, -0.15) is 0 Å². The Bertz CT molecular complexity index is 487. The number of fused-ring (bicyclic) bond motifs is 1. The summed E-state index contributed by atoms with van der Waals surface area (Å²) < 4.78 is 6.02. The lowest BCUT2D eigenvalue weighted by atomic mass is 9.85. The first-order valence-corrected chi connectivity index (χ1v) is 6.95. The molecule has 1 fully saturated rings. The summed E-state index contributed by atoms with van der Waals surface area (Å²) >= 11 is 0. The highest BCUT2D eigenvalue weighted by atomic mass is 16.5. The number of nitrogens with zero attached hydrogens (tertiary/aromatic N) is 1. The molecule has 3 rings (SSSR count). The largest absolute Gasteiger partial charge is 0.478 e. The summed E-state index contributed by atoms with van der Waals surface area (Å²) in [5.41, 5.74) is 0.177. The average molecular weight is 258 g/mol. The summed E-state index contributed by atoms with van der Waals surface area (Å²) in [6.45, 7) is 7.20. The van der Waals surface area contributed by atoms with Crippen LogP contribution in [0, 0.1) is 5.92 Å². The van der Waals surface area contributed by atoms with Crippen LogP contribution in [0.25, 0.3) is 0 Å². The van der Waals surface area contributed by atoms with Gasteiger partial charge in [0, 0.05) is 32.5 Å². The number of hydrogen-bond acceptors (Lipinski definition) is 3. The topological polar surface area (TPSA) is 29.5 Å². The van der Waals surface area contributed by atoms with E-state index in [1.54, 1.807) is 0 Å². The summed E-state index contributed by atoms with van der Waals surface area (Å²) in [6.07, 6.45) is 1.60. The molecule has 0 N–H and O–H groups in total. The molecule has 101 valence electrons. The van der Waals surface area contributed by atoms with E-state index < -0.39 is 5.60 Å². The highest BCUT2D eigenvalue weighted by Crippen LogP contribution is 2.40. The lowest BCUT2D eigenvalue weighted by Gasteiger charge is -2.38. The summed E-state index contributed by atoms with van der Waals surface area (Å²) in [7, 11) is 0. The zero-order valence-electron chi connectivity index (χ0n) is 11.6. The average Bonchev–Trinajstić information content (AvgIpc) is 2.66. The van der Waals surface area contributed by atoms with Gasteiger partial charge in [-0.3, -0.25) is 4.79 Å². The van der Waals surface area contributed by atoms with Gasteiger partial charge in [0.05, 0.1) is 5.56 Å². The molecule has 0 bridgehead atoms. The molecular formula is C16H20NO2. The van der Waals surface area contributed by atoms with E-state index in [9.17, 15) is 4.79 Å². The molecule has 2 aliphatic rings. The van der Waals surface area contributed by atoms with Crippen molar-refractivity contribution in [1.29, 1.82) is 0 Å². The van der Waals surface area contributed by atoms with Crippen LogP contribution in [0.1, 0.15) is 37.0 Å². The van der Waals surface area contributed by atoms with Gasteiger partial charge in [-0.15, -0.1) is 0 Å². The number of likely N-dealkylation sites (tertiary alicyclic amines) is 1. The molecule has 3 heteroatoms. The number of ether oxygens (including phenoxy) is 1. The number of hydrogen-bond donors (Lipinski definition) is 0. The maximum Gasteiger partial charge on any atom is 0.210 e. The zero-order valence-corrected chi connectivity index (χ0v) is 11.6. The number of para-hydroxylation sites is 1. The van der Waals surface area contributed by atoms with Gasteiger partial charge in [-0.05, 0) is 18.1 Å². The fraction of sp³-hybridized carbons (Fsp3) is 0.500. The van der Waals surface area contributed by atoms with Crippen LogP contribution in [-0.2, 0) is 0 Å². The lowest BCUT2D eigenvalue weighted by molar-refractivity contribution is 0.0214. The Balaban J connectivity index is 1.74. The van der Waals surface area contributed by atoms with Crippen molar-refractivity contribution < 1.29 is 9.53 Å². The minimum absolute atomic E-state index is 0.181. The molecule has 1 radical (unpaired) electrons. The smallest absolute Gasteiger partial charge is 0.210 e. The minimum atomic E-state index is -0.582. The fourth-order valence-corrected chi connectivity index (χ4v) is 3.09. The molecule has 19 heavy (non-hydrogen) atoms. The van der Waals surface area contributed by atoms with Crippen molar-refractivity contribution in [2.45, 2.75) is 32.3 Å². The first-order chi connectivity index (χ1) is 9.11. The Kier molecular flexibility index (Phi) is 3.09. The van der Waals surface area contributed by atoms with Crippen LogP contribution in [0.2, 0.25) is 0 Å². The van der Waals surface area contributed by atoms with E-state index in [4.69, 9.17) is 4.74 Å². The molecule has 0 atom stereocenters. The summed E-state index contributed by atoms with van der Waals surface area (Å²) in [6, 6.07) is 7.61. The van der Waals surface area contributed by atoms with Crippen molar-refractivity contribution >= 4 is 5.78 Å². The molecule has 1 spiro atoms. The number of piperidine rings is 1. The molecular weight excluding hydrogens is 238 g/mol. The molecule has 0 aromatic heterocycles. The number of carbonyl (C=O) groups excluding carboxylic acids is 1. The van der Waals surface area contributed by atoms with Crippen LogP contribution in [-0.4, -0.2) is 35.9 Å². The predicted octanol–water partition coefficient (Wildman–Crippen LogP) is 2.71. The highest BCUT2D eigenvalue weighted by molar-refractivity contribution is 6.07. The molecule has 0 amide bonds. The molecule has 1 aromatic carbocycles. The molecule has 2 aliphatic heterocycles. The van der Waals surface area contributed by atoms with Crippen LogP contribution in [0.4, 0.5) is 0 Å². The third kappa shape index (κ3) is 2.16. The SMILES string of the molecule is C[C](C)CN1CCC2(CC1)Oc1ccccc1C2=O. The third-order valence-electron chi connectivity index (χ3n) is 4.05. The van der Waals surface area contributed by atoms with E-state index in [1.807, 2.05) is 24.3 Å². The Morgan fingerprint density at radius 1 is 1.26 bits per heavy atom. The monoisotopic (exact) mass is 258 g/mol. The molecule has 0 saturated carbocycles. The first kappa shape index (κ1) is 12.7. The lowest BCUT2D eigenvalue weighted by Crippen LogP contribution is -2.51. The van der Waals surface area contributed by atoms with E-state index in [0.29, 0.717) is 0 Å². The molecule has 3 nitrogen and oxygen atoms in total. The maximum absolute atomic E-state index is 12.6. The molecule has 0 unspecified atom stereocenters. The Labute approximate surface area is 114 Å². The van der Waals surface area contributed by atoms with Gasteiger partial charge in [-0.1, -0.05) is 26.0 Å². The number of benzene rings is 1. The van der Waals surface area contributed by atoms with E-state index in [2.05, 4.69) is 18.7 Å². The molecule has 0 aliphatic carbocycles. The van der Waals surface area contributed by atoms with Gasteiger partial charge in [0.2, 0.25) is 5.78 Å². The summed E-state index contributed by atoms with van der Waals surface area (Å²) in [5.74, 6) is 2.36. The van der Waals surface area contributed by atoms with Crippen LogP contribution in [0.15, 0.2) is 24.3 Å². The predicted molar refractivity (Wildman–Crippen MR) is 74.4 cm³/mol. The van der Waals surface area contributed by atoms with Crippen LogP contribution in [0.5, 0.6) is 5.75 Å². The second-order valence-electron chi connectivity index (χ2n) is 5.90. The zero-order chi connectivity index (χ0) is 13.5. The normalized spacial score (nSPS) is 21.7. The van der Waals surface area contributed by atoms with Crippen molar-refractivity contribution in [3.63, 3.8) is 0 Å². The quantitative estimate of drug-likeness (QED) is 0.817. The van der Waals surface area contributed by atoms with Crippen LogP contribution in [0.3, 0.4) is 0 Å². The van der Waals surface area contributed by atoms with Crippen molar-refractivity contribution in [3.8, 4) is 5.75 Å².